The van der Waals surface area contributed by atoms with Crippen LogP contribution < -0.4 is 5.53 Å². The molecule has 0 aliphatic heterocycles. The zero-order valence-corrected chi connectivity index (χ0v) is 4.15. The van der Waals surface area contributed by atoms with Gasteiger partial charge in [0.05, 0.1) is 0 Å². The van der Waals surface area contributed by atoms with Crippen LogP contribution in [0.25, 0.3) is 0 Å². The van der Waals surface area contributed by atoms with E-state index in [1.807, 2.05) is 0 Å². The Labute approximate surface area is 46.9 Å². The molecule has 0 unspecified atom stereocenters. The molecule has 1 rings (SSSR count). The molecule has 3 nitrogen and oxygen atoms in total. The number of aromatic nitrogens is 1. The summed E-state index contributed by atoms with van der Waals surface area (Å²) in [5.41, 5.74) is 8.10. The Morgan fingerprint density at radius 3 is 2.75 bits per heavy atom. The molecule has 1 aromatic rings. The first kappa shape index (κ1) is 4.90. The Morgan fingerprint density at radius 1 is 1.50 bits per heavy atom. The summed E-state index contributed by atoms with van der Waals surface area (Å²) in [6.45, 7) is 0. The summed E-state index contributed by atoms with van der Waals surface area (Å²) in [5, 5.41) is 2.86. The van der Waals surface area contributed by atoms with Crippen molar-refractivity contribution in [2.45, 2.75) is 0 Å². The summed E-state index contributed by atoms with van der Waals surface area (Å²) in [4.78, 5) is 3.68. The summed E-state index contributed by atoms with van der Waals surface area (Å²) in [6.07, 6.45) is 1.56. The molecule has 1 radical (unpaired) electrons. The van der Waals surface area contributed by atoms with Gasteiger partial charge in [-0.1, -0.05) is 6.07 Å². The third-order valence-electron chi connectivity index (χ3n) is 0.752. The lowest BCUT2D eigenvalue weighted by atomic mass is 10.5. The van der Waals surface area contributed by atoms with Gasteiger partial charge in [-0.3, -0.25) is 0 Å². The van der Waals surface area contributed by atoms with Gasteiger partial charge in [0, 0.05) is 6.20 Å². The SMILES string of the molecule is [N]=Nc1ccccn1. The van der Waals surface area contributed by atoms with E-state index in [1.54, 1.807) is 24.4 Å². The molecule has 0 amide bonds. The third-order valence-corrected chi connectivity index (χ3v) is 0.752. The van der Waals surface area contributed by atoms with Crippen LogP contribution in [0.4, 0.5) is 5.82 Å². The number of rotatable bonds is 1. The molecule has 1 heterocycles. The van der Waals surface area contributed by atoms with E-state index in [0.29, 0.717) is 5.82 Å². The van der Waals surface area contributed by atoms with Crippen LogP contribution in [0.1, 0.15) is 0 Å². The topological polar surface area (TPSA) is 47.5 Å². The third kappa shape index (κ3) is 0.872. The predicted molar refractivity (Wildman–Crippen MR) is 28.5 cm³/mol. The largest absolute Gasteiger partial charge is 0.236 e. The van der Waals surface area contributed by atoms with Gasteiger partial charge in [0.25, 0.3) is 0 Å². The Hall–Kier alpha value is -1.25. The summed E-state index contributed by atoms with van der Waals surface area (Å²) < 4.78 is 0. The summed E-state index contributed by atoms with van der Waals surface area (Å²) >= 11 is 0. The van der Waals surface area contributed by atoms with Crippen LogP contribution in [0, 0.1) is 0 Å². The minimum absolute atomic E-state index is 0.340. The molecule has 0 bridgehead atoms. The minimum Gasteiger partial charge on any atom is -0.236 e. The maximum atomic E-state index is 8.10. The number of hydrogen-bond donors (Lipinski definition) is 0. The van der Waals surface area contributed by atoms with Gasteiger partial charge in [0.15, 0.2) is 5.82 Å². The normalized spacial score (nSPS) is 8.50. The molecule has 1 aromatic heterocycles. The fourth-order valence-corrected chi connectivity index (χ4v) is 0.413. The molecule has 0 aliphatic carbocycles. The maximum absolute atomic E-state index is 8.10. The molecular weight excluding hydrogens is 102 g/mol. The number of nitrogens with zero attached hydrogens (tertiary/aromatic N) is 3. The second-order valence-corrected chi connectivity index (χ2v) is 1.29. The second kappa shape index (κ2) is 2.16. The van der Waals surface area contributed by atoms with Gasteiger partial charge in [-0.05, 0) is 17.7 Å². The molecule has 8 heavy (non-hydrogen) atoms. The van der Waals surface area contributed by atoms with Gasteiger partial charge in [0.1, 0.15) is 0 Å². The van der Waals surface area contributed by atoms with Crippen molar-refractivity contribution in [3.05, 3.63) is 24.4 Å². The lowest BCUT2D eigenvalue weighted by molar-refractivity contribution is 1.19. The van der Waals surface area contributed by atoms with Crippen LogP contribution in [-0.4, -0.2) is 4.98 Å². The second-order valence-electron chi connectivity index (χ2n) is 1.29. The van der Waals surface area contributed by atoms with Crippen LogP contribution in [-0.2, 0) is 0 Å². The smallest absolute Gasteiger partial charge is 0.176 e. The fourth-order valence-electron chi connectivity index (χ4n) is 0.413. The first-order valence-corrected chi connectivity index (χ1v) is 2.19. The molecule has 0 spiro atoms. The van der Waals surface area contributed by atoms with E-state index in [2.05, 4.69) is 10.1 Å². The van der Waals surface area contributed by atoms with Crippen molar-refractivity contribution in [2.75, 3.05) is 0 Å². The van der Waals surface area contributed by atoms with Crippen LogP contribution >= 0.6 is 0 Å². The standard InChI is InChI=1S/C5H4N3/c6-8-5-3-1-2-4-7-5/h1-4H. The highest BCUT2D eigenvalue weighted by atomic mass is 15.0. The summed E-state index contributed by atoms with van der Waals surface area (Å²) in [7, 11) is 0. The van der Waals surface area contributed by atoms with Gasteiger partial charge in [0.2, 0.25) is 0 Å². The molecule has 0 N–H and O–H groups in total. The quantitative estimate of drug-likeness (QED) is 0.492. The molecule has 39 valence electrons. The Balaban J connectivity index is 2.99. The average Bonchev–Trinajstić information content (AvgIpc) is 1.90. The van der Waals surface area contributed by atoms with Crippen LogP contribution in [0.2, 0.25) is 0 Å². The lowest BCUT2D eigenvalue weighted by Crippen LogP contribution is -1.67. The Morgan fingerprint density at radius 2 is 2.38 bits per heavy atom. The maximum Gasteiger partial charge on any atom is 0.176 e. The van der Waals surface area contributed by atoms with E-state index in [0.717, 1.165) is 0 Å². The Kier molecular flexibility index (Phi) is 1.32. The molecule has 3 heteroatoms. The first-order chi connectivity index (χ1) is 3.93. The van der Waals surface area contributed by atoms with Crippen molar-refractivity contribution >= 4 is 5.82 Å². The first-order valence-electron chi connectivity index (χ1n) is 2.19. The van der Waals surface area contributed by atoms with Gasteiger partial charge in [-0.2, -0.15) is 0 Å². The number of hydrogen-bond acceptors (Lipinski definition) is 2. The van der Waals surface area contributed by atoms with E-state index in [4.69, 9.17) is 5.53 Å². The van der Waals surface area contributed by atoms with E-state index in [-0.39, 0.29) is 0 Å². The molecule has 0 fully saturated rings. The Bertz CT molecular complexity index is 170. The highest BCUT2D eigenvalue weighted by Gasteiger charge is 1.81. The molecular formula is C5H4N3. The number of pyridine rings is 1. The monoisotopic (exact) mass is 106 g/mol. The summed E-state index contributed by atoms with van der Waals surface area (Å²) in [5.74, 6) is 0.340. The van der Waals surface area contributed by atoms with Crippen molar-refractivity contribution in [3.63, 3.8) is 0 Å². The van der Waals surface area contributed by atoms with Crippen molar-refractivity contribution in [1.82, 2.24) is 10.5 Å². The fraction of sp³-hybridized carbons (Fsp3) is 0. The van der Waals surface area contributed by atoms with Crippen molar-refractivity contribution in [1.29, 1.82) is 0 Å². The average molecular weight is 106 g/mol. The highest BCUT2D eigenvalue weighted by Crippen LogP contribution is 2.00. The molecule has 0 saturated carbocycles. The van der Waals surface area contributed by atoms with E-state index < -0.39 is 0 Å². The van der Waals surface area contributed by atoms with Crippen molar-refractivity contribution in [2.24, 2.45) is 5.11 Å². The van der Waals surface area contributed by atoms with Crippen LogP contribution in [0.3, 0.4) is 0 Å². The predicted octanol–water partition coefficient (Wildman–Crippen LogP) is 0.965. The van der Waals surface area contributed by atoms with E-state index in [9.17, 15) is 0 Å². The van der Waals surface area contributed by atoms with Crippen LogP contribution in [0.15, 0.2) is 29.5 Å². The van der Waals surface area contributed by atoms with Gasteiger partial charge >= 0.3 is 0 Å². The highest BCUT2D eigenvalue weighted by molar-refractivity contribution is 5.23. The summed E-state index contributed by atoms with van der Waals surface area (Å²) in [6, 6.07) is 5.12. The van der Waals surface area contributed by atoms with Gasteiger partial charge in [-0.25, -0.2) is 4.98 Å². The van der Waals surface area contributed by atoms with E-state index >= 15 is 0 Å². The van der Waals surface area contributed by atoms with Crippen molar-refractivity contribution < 1.29 is 0 Å². The van der Waals surface area contributed by atoms with Crippen LogP contribution in [0.5, 0.6) is 0 Å². The molecule has 0 saturated heterocycles. The van der Waals surface area contributed by atoms with Gasteiger partial charge in [-0.15, -0.1) is 5.11 Å². The molecule has 0 aliphatic rings. The lowest BCUT2D eigenvalue weighted by Gasteiger charge is -1.81. The van der Waals surface area contributed by atoms with E-state index in [1.165, 1.54) is 0 Å². The molecule has 0 aromatic carbocycles. The molecule has 0 atom stereocenters. The minimum atomic E-state index is 0.340. The zero-order chi connectivity index (χ0) is 5.82. The van der Waals surface area contributed by atoms with Gasteiger partial charge < -0.3 is 0 Å². The van der Waals surface area contributed by atoms with Crippen molar-refractivity contribution in [3.8, 4) is 0 Å². The zero-order valence-electron chi connectivity index (χ0n) is 4.15.